The lowest BCUT2D eigenvalue weighted by molar-refractivity contribution is -0.125. The van der Waals surface area contributed by atoms with Crippen LogP contribution in [0, 0.1) is 0 Å². The fourth-order valence-corrected chi connectivity index (χ4v) is 3.21. The molecule has 0 aromatic heterocycles. The number of hydrogen-bond donors (Lipinski definition) is 2. The monoisotopic (exact) mass is 440 g/mol. The Kier molecular flexibility index (Phi) is 8.30. The van der Waals surface area contributed by atoms with Crippen molar-refractivity contribution in [1.82, 2.24) is 10.2 Å². The number of nitrogens with one attached hydrogen (secondary N) is 2. The second kappa shape index (κ2) is 11.6. The summed E-state index contributed by atoms with van der Waals surface area (Å²) in [6.07, 6.45) is 1.21. The van der Waals surface area contributed by atoms with Gasteiger partial charge in [-0.15, -0.1) is 0 Å². The minimum absolute atomic E-state index is 0.134. The van der Waals surface area contributed by atoms with Crippen molar-refractivity contribution >= 4 is 23.3 Å². The van der Waals surface area contributed by atoms with Crippen LogP contribution in [0.25, 0.3) is 0 Å². The van der Waals surface area contributed by atoms with Crippen molar-refractivity contribution in [2.45, 2.75) is 19.4 Å². The van der Waals surface area contributed by atoms with Crippen molar-refractivity contribution < 1.29 is 23.9 Å². The van der Waals surface area contributed by atoms with Gasteiger partial charge in [0.05, 0.1) is 19.9 Å². The van der Waals surface area contributed by atoms with Gasteiger partial charge < -0.3 is 29.8 Å². The molecule has 1 fully saturated rings. The van der Waals surface area contributed by atoms with Crippen LogP contribution in [0.4, 0.5) is 10.5 Å². The second-order valence-electron chi connectivity index (χ2n) is 7.18. The van der Waals surface area contributed by atoms with E-state index < -0.39 is 0 Å². The number of likely N-dealkylation sites (tertiary alicyclic amines) is 1. The third-order valence-electron chi connectivity index (χ3n) is 4.98. The number of benzene rings is 2. The van der Waals surface area contributed by atoms with E-state index in [0.29, 0.717) is 44.0 Å². The van der Waals surface area contributed by atoms with Crippen LogP contribution in [0.3, 0.4) is 0 Å². The van der Waals surface area contributed by atoms with Gasteiger partial charge in [-0.2, -0.15) is 0 Å². The summed E-state index contributed by atoms with van der Waals surface area (Å²) in [5, 5.41) is 9.72. The van der Waals surface area contributed by atoms with Gasteiger partial charge in [-0.3, -0.25) is 4.79 Å². The van der Waals surface area contributed by atoms with E-state index in [0.717, 1.165) is 17.0 Å². The molecule has 170 valence electrons. The molecule has 3 amide bonds. The van der Waals surface area contributed by atoms with Crippen LogP contribution in [0.1, 0.15) is 18.4 Å². The number of ether oxygens (including phenoxy) is 2. The van der Waals surface area contributed by atoms with Gasteiger partial charge in [0.2, 0.25) is 0 Å². The number of urea groups is 1. The molecule has 2 aromatic carbocycles. The highest BCUT2D eigenvalue weighted by molar-refractivity contribution is 5.92. The van der Waals surface area contributed by atoms with Crippen LogP contribution in [-0.4, -0.2) is 56.5 Å². The summed E-state index contributed by atoms with van der Waals surface area (Å²) in [6, 6.07) is 14.6. The zero-order chi connectivity index (χ0) is 22.8. The third kappa shape index (κ3) is 6.63. The predicted molar refractivity (Wildman–Crippen MR) is 121 cm³/mol. The first kappa shape index (κ1) is 22.9. The van der Waals surface area contributed by atoms with Crippen LogP contribution in [0.15, 0.2) is 53.7 Å². The van der Waals surface area contributed by atoms with E-state index in [-0.39, 0.29) is 18.5 Å². The summed E-state index contributed by atoms with van der Waals surface area (Å²) >= 11 is 0. The first-order chi connectivity index (χ1) is 15.6. The molecule has 0 unspecified atom stereocenters. The number of amides is 3. The minimum atomic E-state index is -0.274. The van der Waals surface area contributed by atoms with Gasteiger partial charge in [0.15, 0.2) is 18.1 Å². The smallest absolute Gasteiger partial charge is 0.321 e. The van der Waals surface area contributed by atoms with E-state index in [9.17, 15) is 9.59 Å². The number of oxime groups is 1. The zero-order valence-corrected chi connectivity index (χ0v) is 18.3. The maximum absolute atomic E-state index is 12.3. The molecule has 32 heavy (non-hydrogen) atoms. The number of anilines is 1. The predicted octanol–water partition coefficient (Wildman–Crippen LogP) is 3.02. The average molecular weight is 441 g/mol. The molecule has 1 saturated heterocycles. The van der Waals surface area contributed by atoms with E-state index in [1.54, 1.807) is 25.2 Å². The van der Waals surface area contributed by atoms with Gasteiger partial charge in [0.1, 0.15) is 0 Å². The Morgan fingerprint density at radius 1 is 1.00 bits per heavy atom. The molecule has 0 saturated carbocycles. The van der Waals surface area contributed by atoms with Crippen molar-refractivity contribution in [2.75, 3.05) is 39.2 Å². The molecule has 0 aliphatic carbocycles. The Labute approximate surface area is 187 Å². The van der Waals surface area contributed by atoms with Crippen molar-refractivity contribution in [1.29, 1.82) is 0 Å². The lowest BCUT2D eigenvalue weighted by Gasteiger charge is -2.27. The van der Waals surface area contributed by atoms with Crippen molar-refractivity contribution in [3.8, 4) is 11.5 Å². The van der Waals surface area contributed by atoms with Crippen molar-refractivity contribution in [3.63, 3.8) is 0 Å². The lowest BCUT2D eigenvalue weighted by Crippen LogP contribution is -2.41. The van der Waals surface area contributed by atoms with Crippen molar-refractivity contribution in [2.24, 2.45) is 5.16 Å². The molecule has 0 radical (unpaired) electrons. The summed E-state index contributed by atoms with van der Waals surface area (Å²) in [5.41, 5.74) is 2.48. The Bertz CT molecular complexity index is 939. The van der Waals surface area contributed by atoms with E-state index in [1.165, 1.54) is 0 Å². The van der Waals surface area contributed by atoms with E-state index in [4.69, 9.17) is 14.3 Å². The highest BCUT2D eigenvalue weighted by atomic mass is 16.6. The molecular formula is C23H28N4O5. The van der Waals surface area contributed by atoms with Crippen LogP contribution in [0.2, 0.25) is 0 Å². The SMILES string of the molecule is COc1ccc(CNC(=O)CON=C2CCN(C(=O)Nc3ccccc3)CC2)cc1OC. The van der Waals surface area contributed by atoms with E-state index in [2.05, 4.69) is 15.8 Å². The average Bonchev–Trinajstić information content (AvgIpc) is 2.83. The fourth-order valence-electron chi connectivity index (χ4n) is 3.21. The molecule has 0 atom stereocenters. The molecule has 9 heteroatoms. The maximum atomic E-state index is 12.3. The molecule has 0 spiro atoms. The largest absolute Gasteiger partial charge is 0.493 e. The van der Waals surface area contributed by atoms with Gasteiger partial charge in [-0.25, -0.2) is 4.79 Å². The van der Waals surface area contributed by atoms with Crippen molar-refractivity contribution in [3.05, 3.63) is 54.1 Å². The number of nitrogens with zero attached hydrogens (tertiary/aromatic N) is 2. The van der Waals surface area contributed by atoms with E-state index >= 15 is 0 Å². The number of rotatable bonds is 8. The second-order valence-corrected chi connectivity index (χ2v) is 7.18. The Morgan fingerprint density at radius 2 is 1.72 bits per heavy atom. The summed E-state index contributed by atoms with van der Waals surface area (Å²) in [6.45, 7) is 1.26. The quantitative estimate of drug-likeness (QED) is 0.615. The highest BCUT2D eigenvalue weighted by Crippen LogP contribution is 2.27. The third-order valence-corrected chi connectivity index (χ3v) is 4.98. The number of methoxy groups -OCH3 is 2. The molecule has 9 nitrogen and oxygen atoms in total. The zero-order valence-electron chi connectivity index (χ0n) is 18.3. The Morgan fingerprint density at radius 3 is 2.41 bits per heavy atom. The first-order valence-electron chi connectivity index (χ1n) is 10.4. The van der Waals surface area contributed by atoms with Gasteiger partial charge in [0, 0.05) is 38.2 Å². The Hall–Kier alpha value is -3.75. The molecule has 2 aromatic rings. The molecule has 2 N–H and O–H groups in total. The molecule has 1 aliphatic rings. The minimum Gasteiger partial charge on any atom is -0.493 e. The summed E-state index contributed by atoms with van der Waals surface area (Å²) in [7, 11) is 3.13. The number of hydrogen-bond acceptors (Lipinski definition) is 6. The topological polar surface area (TPSA) is 101 Å². The molecular weight excluding hydrogens is 412 g/mol. The molecule has 1 heterocycles. The summed E-state index contributed by atoms with van der Waals surface area (Å²) < 4.78 is 10.5. The van der Waals surface area contributed by atoms with Gasteiger partial charge in [0.25, 0.3) is 5.91 Å². The Balaban J connectivity index is 1.36. The van der Waals surface area contributed by atoms with Gasteiger partial charge >= 0.3 is 6.03 Å². The first-order valence-corrected chi connectivity index (χ1v) is 10.4. The van der Waals surface area contributed by atoms with Gasteiger partial charge in [-0.05, 0) is 29.8 Å². The number of carbonyl (C=O) groups is 2. The fraction of sp³-hybridized carbons (Fsp3) is 0.348. The van der Waals surface area contributed by atoms with Crippen LogP contribution < -0.4 is 20.1 Å². The summed E-state index contributed by atoms with van der Waals surface area (Å²) in [5.74, 6) is 0.958. The molecule has 1 aliphatic heterocycles. The number of carbonyl (C=O) groups excluding carboxylic acids is 2. The number of piperidine rings is 1. The normalized spacial score (nSPS) is 13.2. The molecule has 3 rings (SSSR count). The molecule has 0 bridgehead atoms. The van der Waals surface area contributed by atoms with Crippen LogP contribution in [0.5, 0.6) is 11.5 Å². The van der Waals surface area contributed by atoms with Crippen LogP contribution >= 0.6 is 0 Å². The maximum Gasteiger partial charge on any atom is 0.321 e. The van der Waals surface area contributed by atoms with Gasteiger partial charge in [-0.1, -0.05) is 29.4 Å². The standard InChI is InChI=1S/C23H28N4O5/c1-30-20-9-8-17(14-21(20)31-2)15-24-22(28)16-32-26-19-10-12-27(13-11-19)23(29)25-18-6-4-3-5-7-18/h3-9,14H,10-13,15-16H2,1-2H3,(H,24,28)(H,25,29). The number of para-hydroxylation sites is 1. The summed E-state index contributed by atoms with van der Waals surface area (Å²) in [4.78, 5) is 31.3. The highest BCUT2D eigenvalue weighted by Gasteiger charge is 2.20. The van der Waals surface area contributed by atoms with Crippen LogP contribution in [-0.2, 0) is 16.2 Å². The lowest BCUT2D eigenvalue weighted by atomic mass is 10.1. The van der Waals surface area contributed by atoms with E-state index in [1.807, 2.05) is 42.5 Å².